The number of amides is 3. The van der Waals surface area contributed by atoms with Crippen molar-refractivity contribution in [2.24, 2.45) is 11.7 Å². The third-order valence-electron chi connectivity index (χ3n) is 4.75. The highest BCUT2D eigenvalue weighted by molar-refractivity contribution is 7.80. The van der Waals surface area contributed by atoms with E-state index >= 15 is 0 Å². The number of nitrogens with one attached hydrogen (secondary N) is 4. The Labute approximate surface area is 202 Å². The van der Waals surface area contributed by atoms with Gasteiger partial charge in [-0.15, -0.1) is 0 Å². The second-order valence-electron chi connectivity index (χ2n) is 8.15. The van der Waals surface area contributed by atoms with Crippen LogP contribution in [0.15, 0.2) is 12.5 Å². The number of nitrogens with zero attached hydrogens (tertiary/aromatic N) is 1. The topological polar surface area (TPSA) is 217 Å². The first kappa shape index (κ1) is 28.9. The molecule has 13 nitrogen and oxygen atoms in total. The molecule has 8 N–H and O–H groups in total. The molecule has 0 saturated carbocycles. The molecular formula is C20H32N6O7S. The fourth-order valence-corrected chi connectivity index (χ4v) is 3.24. The van der Waals surface area contributed by atoms with E-state index in [1.165, 1.54) is 12.5 Å². The molecule has 0 radical (unpaired) electrons. The number of aliphatic carboxylic acids is 2. The largest absolute Gasteiger partial charge is 0.481 e. The van der Waals surface area contributed by atoms with E-state index < -0.39 is 60.2 Å². The molecule has 14 heteroatoms. The van der Waals surface area contributed by atoms with Crippen molar-refractivity contribution < 1.29 is 34.2 Å². The minimum atomic E-state index is -1.46. The van der Waals surface area contributed by atoms with Crippen molar-refractivity contribution in [2.75, 3.05) is 5.75 Å². The number of carbonyl (C=O) groups excluding carboxylic acids is 3. The Morgan fingerprint density at radius 3 is 2.12 bits per heavy atom. The molecule has 3 amide bonds. The number of hydrogen-bond acceptors (Lipinski definition) is 8. The summed E-state index contributed by atoms with van der Waals surface area (Å²) in [5.41, 5.74) is 6.46. The molecule has 0 aliphatic heterocycles. The first-order chi connectivity index (χ1) is 15.9. The van der Waals surface area contributed by atoms with Gasteiger partial charge >= 0.3 is 11.9 Å². The van der Waals surface area contributed by atoms with Gasteiger partial charge in [0.1, 0.15) is 18.1 Å². The smallest absolute Gasteiger partial charge is 0.326 e. The number of thiol groups is 1. The van der Waals surface area contributed by atoms with Gasteiger partial charge in [-0.3, -0.25) is 19.2 Å². The maximum Gasteiger partial charge on any atom is 0.326 e. The van der Waals surface area contributed by atoms with Gasteiger partial charge in [-0.05, 0) is 18.8 Å². The molecule has 0 bridgehead atoms. The van der Waals surface area contributed by atoms with E-state index in [0.717, 1.165) is 0 Å². The molecule has 0 saturated heterocycles. The van der Waals surface area contributed by atoms with E-state index in [1.807, 2.05) is 13.8 Å². The molecule has 0 aliphatic carbocycles. The summed E-state index contributed by atoms with van der Waals surface area (Å²) >= 11 is 4.05. The van der Waals surface area contributed by atoms with Crippen LogP contribution in [0.3, 0.4) is 0 Å². The minimum absolute atomic E-state index is 0.0310. The Kier molecular flexibility index (Phi) is 12.1. The van der Waals surface area contributed by atoms with Crippen LogP contribution in [0.2, 0.25) is 0 Å². The Bertz CT molecular complexity index is 848. The lowest BCUT2D eigenvalue weighted by Crippen LogP contribution is -2.58. The lowest BCUT2D eigenvalue weighted by atomic mass is 10.0. The summed E-state index contributed by atoms with van der Waals surface area (Å²) in [4.78, 5) is 66.8. The van der Waals surface area contributed by atoms with Crippen LogP contribution in [0.25, 0.3) is 0 Å². The number of rotatable bonds is 15. The highest BCUT2D eigenvalue weighted by atomic mass is 32.1. The molecule has 0 aliphatic rings. The van der Waals surface area contributed by atoms with Gasteiger partial charge in [0.25, 0.3) is 0 Å². The lowest BCUT2D eigenvalue weighted by molar-refractivity contribution is -0.143. The van der Waals surface area contributed by atoms with Crippen molar-refractivity contribution >= 4 is 42.3 Å². The number of carboxylic acids is 2. The number of aromatic amines is 1. The molecule has 1 aromatic heterocycles. The SMILES string of the molecule is CC(C)CC(N)C(=O)NC(Cc1cnc[nH]1)C(=O)NC(CS)C(=O)NC(CCC(=O)O)C(=O)O. The summed E-state index contributed by atoms with van der Waals surface area (Å²) < 4.78 is 0. The van der Waals surface area contributed by atoms with E-state index in [2.05, 4.69) is 38.5 Å². The standard InChI is InChI=1S/C20H32N6O7S/c1-10(2)5-12(21)17(29)25-14(6-11-7-22-9-23-11)18(30)26-15(8-34)19(31)24-13(20(32)33)3-4-16(27)28/h7,9-10,12-15,34H,3-6,8,21H2,1-2H3,(H,22,23)(H,24,31)(H,25,29)(H,26,30)(H,27,28)(H,32,33). The van der Waals surface area contributed by atoms with Crippen molar-refractivity contribution in [3.8, 4) is 0 Å². The van der Waals surface area contributed by atoms with Gasteiger partial charge in [0.05, 0.1) is 12.4 Å². The van der Waals surface area contributed by atoms with Crippen LogP contribution in [0.5, 0.6) is 0 Å². The first-order valence-corrected chi connectivity index (χ1v) is 11.3. The maximum absolute atomic E-state index is 12.9. The summed E-state index contributed by atoms with van der Waals surface area (Å²) in [5.74, 6) is -4.77. The molecule has 4 atom stereocenters. The van der Waals surface area contributed by atoms with Crippen molar-refractivity contribution in [1.29, 1.82) is 0 Å². The predicted octanol–water partition coefficient (Wildman–Crippen LogP) is -1.34. The zero-order chi connectivity index (χ0) is 25.8. The van der Waals surface area contributed by atoms with Gasteiger partial charge in [-0.25, -0.2) is 9.78 Å². The second-order valence-corrected chi connectivity index (χ2v) is 8.52. The molecule has 1 heterocycles. The second kappa shape index (κ2) is 14.2. The first-order valence-electron chi connectivity index (χ1n) is 10.6. The number of hydrogen-bond donors (Lipinski definition) is 8. The van der Waals surface area contributed by atoms with Gasteiger partial charge in [0.15, 0.2) is 0 Å². The average Bonchev–Trinajstić information content (AvgIpc) is 3.26. The van der Waals surface area contributed by atoms with Crippen LogP contribution < -0.4 is 21.7 Å². The zero-order valence-electron chi connectivity index (χ0n) is 19.0. The molecular weight excluding hydrogens is 468 g/mol. The summed E-state index contributed by atoms with van der Waals surface area (Å²) in [6, 6.07) is -4.65. The number of nitrogens with two attached hydrogens (primary N) is 1. The van der Waals surface area contributed by atoms with Crippen LogP contribution in [0, 0.1) is 5.92 Å². The fourth-order valence-electron chi connectivity index (χ4n) is 2.98. The summed E-state index contributed by atoms with van der Waals surface area (Å²) in [5, 5.41) is 25.2. The third kappa shape index (κ3) is 10.2. The molecule has 0 spiro atoms. The average molecular weight is 501 g/mol. The van der Waals surface area contributed by atoms with Gasteiger partial charge in [0.2, 0.25) is 17.7 Å². The number of imidazole rings is 1. The Hall–Kier alpha value is -3.13. The molecule has 190 valence electrons. The molecule has 1 aromatic rings. The van der Waals surface area contributed by atoms with Crippen LogP contribution in [0.1, 0.15) is 38.8 Å². The van der Waals surface area contributed by atoms with Crippen molar-refractivity contribution in [3.05, 3.63) is 18.2 Å². The highest BCUT2D eigenvalue weighted by Crippen LogP contribution is 2.06. The van der Waals surface area contributed by atoms with E-state index in [-0.39, 0.29) is 24.5 Å². The number of carboxylic acid groups (broad SMARTS) is 2. The van der Waals surface area contributed by atoms with Gasteiger partial charge in [0, 0.05) is 30.5 Å². The fraction of sp³-hybridized carbons (Fsp3) is 0.600. The maximum atomic E-state index is 12.9. The summed E-state index contributed by atoms with van der Waals surface area (Å²) in [6.45, 7) is 3.80. The van der Waals surface area contributed by atoms with Crippen molar-refractivity contribution in [3.63, 3.8) is 0 Å². The molecule has 0 fully saturated rings. The van der Waals surface area contributed by atoms with Crippen molar-refractivity contribution in [2.45, 2.75) is 63.7 Å². The molecule has 1 rings (SSSR count). The monoisotopic (exact) mass is 500 g/mol. The van der Waals surface area contributed by atoms with Gasteiger partial charge in [-0.1, -0.05) is 13.8 Å². The van der Waals surface area contributed by atoms with Crippen LogP contribution in [-0.2, 0) is 30.4 Å². The van der Waals surface area contributed by atoms with E-state index in [1.54, 1.807) is 0 Å². The van der Waals surface area contributed by atoms with Crippen LogP contribution >= 0.6 is 12.6 Å². The van der Waals surface area contributed by atoms with Crippen molar-refractivity contribution in [1.82, 2.24) is 25.9 Å². The van der Waals surface area contributed by atoms with E-state index in [9.17, 15) is 29.1 Å². The molecule has 34 heavy (non-hydrogen) atoms. The molecule has 4 unspecified atom stereocenters. The quantitative estimate of drug-likeness (QED) is 0.133. The van der Waals surface area contributed by atoms with Crippen LogP contribution in [0.4, 0.5) is 0 Å². The van der Waals surface area contributed by atoms with Crippen LogP contribution in [-0.4, -0.2) is 79.8 Å². The minimum Gasteiger partial charge on any atom is -0.481 e. The Morgan fingerprint density at radius 2 is 1.62 bits per heavy atom. The summed E-state index contributed by atoms with van der Waals surface area (Å²) in [7, 11) is 0. The lowest BCUT2D eigenvalue weighted by Gasteiger charge is -2.24. The third-order valence-corrected chi connectivity index (χ3v) is 5.12. The van der Waals surface area contributed by atoms with Gasteiger partial charge in [-0.2, -0.15) is 12.6 Å². The number of H-pyrrole nitrogens is 1. The number of carbonyl (C=O) groups is 5. The van der Waals surface area contributed by atoms with E-state index in [0.29, 0.717) is 12.1 Å². The van der Waals surface area contributed by atoms with E-state index in [4.69, 9.17) is 10.8 Å². The van der Waals surface area contributed by atoms with Gasteiger partial charge < -0.3 is 36.9 Å². The molecule has 0 aromatic carbocycles. The predicted molar refractivity (Wildman–Crippen MR) is 124 cm³/mol. The Morgan fingerprint density at radius 1 is 1.03 bits per heavy atom. The number of aromatic nitrogens is 2. The zero-order valence-corrected chi connectivity index (χ0v) is 19.9. The normalized spacial score (nSPS) is 14.5. The Balaban J connectivity index is 2.91. The summed E-state index contributed by atoms with van der Waals surface area (Å²) in [6.07, 6.45) is 2.51. The highest BCUT2D eigenvalue weighted by Gasteiger charge is 2.30.